The van der Waals surface area contributed by atoms with Gasteiger partial charge in [0.2, 0.25) is 0 Å². The van der Waals surface area contributed by atoms with E-state index in [0.29, 0.717) is 11.1 Å². The van der Waals surface area contributed by atoms with Crippen LogP contribution in [0.15, 0.2) is 36.4 Å². The highest BCUT2D eigenvalue weighted by atomic mass is 16.4. The summed E-state index contributed by atoms with van der Waals surface area (Å²) in [7, 11) is 0. The molecule has 0 radical (unpaired) electrons. The van der Waals surface area contributed by atoms with Gasteiger partial charge in [-0.2, -0.15) is 0 Å². The molecule has 33 heavy (non-hydrogen) atoms. The van der Waals surface area contributed by atoms with Crippen molar-refractivity contribution in [2.75, 3.05) is 0 Å². The third kappa shape index (κ3) is 10.0. The minimum atomic E-state index is -1.39. The van der Waals surface area contributed by atoms with E-state index in [-0.39, 0.29) is 52.3 Å². The Kier molecular flexibility index (Phi) is 13.4. The van der Waals surface area contributed by atoms with Gasteiger partial charge in [0, 0.05) is 12.8 Å². The van der Waals surface area contributed by atoms with Gasteiger partial charge in [-0.15, -0.1) is 0 Å². The first-order valence-electron chi connectivity index (χ1n) is 8.72. The number of aromatic hydroxyl groups is 4. The van der Waals surface area contributed by atoms with Crippen LogP contribution >= 0.6 is 0 Å². The van der Waals surface area contributed by atoms with Gasteiger partial charge in [-0.1, -0.05) is 12.1 Å². The average Bonchev–Trinajstić information content (AvgIpc) is 2.61. The second-order valence-corrected chi connectivity index (χ2v) is 7.44. The number of rotatable bonds is 6. The van der Waals surface area contributed by atoms with Crippen LogP contribution in [0.5, 0.6) is 23.0 Å². The minimum Gasteiger partial charge on any atom is -0.504 e. The molecule has 2 aromatic carbocycles. The number of aliphatic carboxylic acids is 2. The van der Waals surface area contributed by atoms with Crippen LogP contribution in [0, 0.1) is 0 Å². The summed E-state index contributed by atoms with van der Waals surface area (Å²) < 4.78 is 0. The molecular formula is C20H32N2O11. The summed E-state index contributed by atoms with van der Waals surface area (Å²) in [5, 5.41) is 54.1. The lowest BCUT2D eigenvalue weighted by Gasteiger charge is -2.19. The van der Waals surface area contributed by atoms with Crippen molar-refractivity contribution >= 4 is 11.9 Å². The van der Waals surface area contributed by atoms with E-state index in [0.717, 1.165) is 0 Å². The molecular weight excluding hydrogens is 444 g/mol. The normalized spacial score (nSPS) is 13.2. The molecule has 0 heterocycles. The first-order chi connectivity index (χ1) is 13.7. The lowest BCUT2D eigenvalue weighted by molar-refractivity contribution is -0.143. The van der Waals surface area contributed by atoms with Crippen molar-refractivity contribution in [2.24, 2.45) is 11.5 Å². The van der Waals surface area contributed by atoms with Gasteiger partial charge in [0.1, 0.15) is 11.1 Å². The van der Waals surface area contributed by atoms with E-state index in [1.807, 2.05) is 0 Å². The van der Waals surface area contributed by atoms with Crippen LogP contribution in [0.4, 0.5) is 0 Å². The molecule has 0 saturated carbocycles. The van der Waals surface area contributed by atoms with Gasteiger partial charge in [-0.25, -0.2) is 0 Å². The molecule has 0 bridgehead atoms. The van der Waals surface area contributed by atoms with Gasteiger partial charge in [0.15, 0.2) is 23.0 Å². The Bertz CT molecular complexity index is 855. The Hall–Kier alpha value is -3.62. The SMILES string of the molecule is C[C@](N)(Cc1ccc(O)c(O)c1)C(=O)O.C[C@](N)(Cc1ccc(O)c(O)c1)C(=O)O.O.O.O. The highest BCUT2D eigenvalue weighted by Crippen LogP contribution is 2.27. The van der Waals surface area contributed by atoms with Crippen LogP contribution in [0.25, 0.3) is 0 Å². The fraction of sp³-hybridized carbons (Fsp3) is 0.300. The Morgan fingerprint density at radius 2 is 0.939 bits per heavy atom. The fourth-order valence-electron chi connectivity index (χ4n) is 2.36. The first kappa shape index (κ1) is 34.0. The molecule has 0 fully saturated rings. The average molecular weight is 476 g/mol. The van der Waals surface area contributed by atoms with Crippen molar-refractivity contribution in [1.29, 1.82) is 0 Å². The van der Waals surface area contributed by atoms with Crippen LogP contribution in [0.3, 0.4) is 0 Å². The topological polar surface area (TPSA) is 302 Å². The molecule has 2 aromatic rings. The summed E-state index contributed by atoms with van der Waals surface area (Å²) in [5.74, 6) is -3.28. The highest BCUT2D eigenvalue weighted by molar-refractivity contribution is 5.78. The van der Waals surface area contributed by atoms with Crippen molar-refractivity contribution in [3.05, 3.63) is 47.5 Å². The lowest BCUT2D eigenvalue weighted by Crippen LogP contribution is -2.46. The number of carboxylic acid groups (broad SMARTS) is 2. The van der Waals surface area contributed by atoms with Crippen LogP contribution in [0.2, 0.25) is 0 Å². The summed E-state index contributed by atoms with van der Waals surface area (Å²) in [6.07, 6.45) is 0.159. The number of hydrogen-bond acceptors (Lipinski definition) is 8. The first-order valence-corrected chi connectivity index (χ1v) is 8.72. The Labute approximate surface area is 189 Å². The molecule has 0 aliphatic heterocycles. The summed E-state index contributed by atoms with van der Waals surface area (Å²) in [5.41, 5.74) is 9.41. The number of nitrogens with two attached hydrogens (primary N) is 2. The van der Waals surface area contributed by atoms with E-state index in [9.17, 15) is 19.8 Å². The van der Waals surface area contributed by atoms with E-state index in [4.69, 9.17) is 31.9 Å². The van der Waals surface area contributed by atoms with E-state index < -0.39 is 23.0 Å². The van der Waals surface area contributed by atoms with Gasteiger partial charge < -0.3 is 58.5 Å². The maximum absolute atomic E-state index is 10.7. The van der Waals surface area contributed by atoms with Crippen LogP contribution < -0.4 is 11.5 Å². The molecule has 16 N–H and O–H groups in total. The van der Waals surface area contributed by atoms with Crippen LogP contribution in [-0.2, 0) is 22.4 Å². The molecule has 2 rings (SSSR count). The van der Waals surface area contributed by atoms with Crippen LogP contribution in [-0.4, -0.2) is 70.1 Å². The smallest absolute Gasteiger partial charge is 0.323 e. The van der Waals surface area contributed by atoms with Crippen molar-refractivity contribution in [2.45, 2.75) is 37.8 Å². The molecule has 0 aliphatic carbocycles. The van der Waals surface area contributed by atoms with Crippen molar-refractivity contribution in [3.8, 4) is 23.0 Å². The highest BCUT2D eigenvalue weighted by Gasteiger charge is 2.29. The monoisotopic (exact) mass is 476 g/mol. The zero-order valence-corrected chi connectivity index (χ0v) is 18.0. The van der Waals surface area contributed by atoms with E-state index >= 15 is 0 Å². The number of carbonyl (C=O) groups is 2. The number of phenols is 4. The van der Waals surface area contributed by atoms with Gasteiger partial charge in [0.25, 0.3) is 0 Å². The van der Waals surface area contributed by atoms with Gasteiger partial charge >= 0.3 is 11.9 Å². The largest absolute Gasteiger partial charge is 0.504 e. The molecule has 0 saturated heterocycles. The maximum atomic E-state index is 10.7. The number of benzene rings is 2. The summed E-state index contributed by atoms with van der Waals surface area (Å²) in [6.45, 7) is 2.78. The maximum Gasteiger partial charge on any atom is 0.323 e. The van der Waals surface area contributed by atoms with E-state index in [2.05, 4.69) is 0 Å². The van der Waals surface area contributed by atoms with Gasteiger partial charge in [-0.05, 0) is 49.2 Å². The third-order valence-electron chi connectivity index (χ3n) is 4.20. The molecule has 0 amide bonds. The second-order valence-electron chi connectivity index (χ2n) is 7.44. The minimum absolute atomic E-state index is 0. The predicted molar refractivity (Wildman–Crippen MR) is 118 cm³/mol. The van der Waals surface area contributed by atoms with Crippen molar-refractivity contribution in [3.63, 3.8) is 0 Å². The number of carboxylic acids is 2. The zero-order valence-electron chi connectivity index (χ0n) is 18.0. The molecule has 13 nitrogen and oxygen atoms in total. The third-order valence-corrected chi connectivity index (χ3v) is 4.20. The summed E-state index contributed by atoms with van der Waals surface area (Å²) >= 11 is 0. The molecule has 13 heteroatoms. The predicted octanol–water partition coefficient (Wildman–Crippen LogP) is -1.59. The summed E-state index contributed by atoms with van der Waals surface area (Å²) in [4.78, 5) is 21.5. The number of hydrogen-bond donors (Lipinski definition) is 8. The molecule has 0 spiro atoms. The lowest BCUT2D eigenvalue weighted by atomic mass is 9.94. The molecule has 0 aliphatic rings. The van der Waals surface area contributed by atoms with Crippen LogP contribution in [0.1, 0.15) is 25.0 Å². The number of phenolic OH excluding ortho intramolecular Hbond substituents is 4. The summed E-state index contributed by atoms with van der Waals surface area (Å²) in [6, 6.07) is 8.21. The molecule has 0 unspecified atom stereocenters. The van der Waals surface area contributed by atoms with Gasteiger partial charge in [0.05, 0.1) is 0 Å². The van der Waals surface area contributed by atoms with Gasteiger partial charge in [-0.3, -0.25) is 9.59 Å². The van der Waals surface area contributed by atoms with Crippen molar-refractivity contribution in [1.82, 2.24) is 0 Å². The standard InChI is InChI=1S/2C10H13NO4.3H2O/c2*1-10(11,9(14)15)5-6-2-3-7(12)8(13)4-6;;;/h2*2-4,12-13H,5,11H2,1H3,(H,14,15);3*1H2/t2*10-;;;/m00.../s1. The molecule has 188 valence electrons. The molecule has 2 atom stereocenters. The second kappa shape index (κ2) is 13.0. The Balaban J connectivity index is -0.000000500. The Morgan fingerprint density at radius 1 is 0.667 bits per heavy atom. The van der Waals surface area contributed by atoms with E-state index in [1.54, 1.807) is 0 Å². The zero-order chi connectivity index (χ0) is 23.3. The quantitative estimate of drug-likeness (QED) is 0.221. The molecule has 0 aromatic heterocycles. The Morgan fingerprint density at radius 3 is 1.15 bits per heavy atom. The van der Waals surface area contributed by atoms with E-state index in [1.165, 1.54) is 50.2 Å². The van der Waals surface area contributed by atoms with Crippen molar-refractivity contribution < 1.29 is 56.7 Å². The fourth-order valence-corrected chi connectivity index (χ4v) is 2.36.